The maximum Gasteiger partial charge on any atom is 0.157 e. The van der Waals surface area contributed by atoms with Gasteiger partial charge >= 0.3 is 0 Å². The van der Waals surface area contributed by atoms with Crippen molar-refractivity contribution in [3.05, 3.63) is 23.9 Å². The summed E-state index contributed by atoms with van der Waals surface area (Å²) < 4.78 is 11.2. The summed E-state index contributed by atoms with van der Waals surface area (Å²) in [5, 5.41) is 3.16. The molecular formula is C18H35NO2. The maximum absolute atomic E-state index is 5.70. The van der Waals surface area contributed by atoms with Gasteiger partial charge in [-0.15, -0.1) is 0 Å². The van der Waals surface area contributed by atoms with Crippen molar-refractivity contribution < 1.29 is 9.47 Å². The van der Waals surface area contributed by atoms with E-state index < -0.39 is 0 Å². The van der Waals surface area contributed by atoms with Gasteiger partial charge in [-0.25, -0.2) is 0 Å². The highest BCUT2D eigenvalue weighted by Gasteiger charge is 2.13. The molecule has 1 unspecified atom stereocenters. The molecule has 2 aliphatic heterocycles. The van der Waals surface area contributed by atoms with Crippen molar-refractivity contribution in [2.75, 3.05) is 19.8 Å². The lowest BCUT2D eigenvalue weighted by atomic mass is 10.1. The first-order chi connectivity index (χ1) is 10.4. The second-order valence-electron chi connectivity index (χ2n) is 4.64. The van der Waals surface area contributed by atoms with E-state index in [1.807, 2.05) is 33.9 Å². The van der Waals surface area contributed by atoms with Crippen molar-refractivity contribution in [3.8, 4) is 0 Å². The maximum atomic E-state index is 5.70. The van der Waals surface area contributed by atoms with E-state index in [-0.39, 0.29) is 6.29 Å². The minimum atomic E-state index is 0.0711. The van der Waals surface area contributed by atoms with Gasteiger partial charge in [-0.05, 0) is 56.4 Å². The van der Waals surface area contributed by atoms with Crippen molar-refractivity contribution in [1.82, 2.24) is 5.32 Å². The average molecular weight is 297 g/mol. The average Bonchev–Trinajstić information content (AvgIpc) is 2.60. The summed E-state index contributed by atoms with van der Waals surface area (Å²) in [6.45, 7) is 10.7. The Morgan fingerprint density at radius 2 is 2.00 bits per heavy atom. The number of unbranched alkanes of at least 4 members (excludes halogenated alkanes) is 1. The van der Waals surface area contributed by atoms with Crippen molar-refractivity contribution in [1.29, 1.82) is 0 Å². The lowest BCUT2D eigenvalue weighted by Crippen LogP contribution is -2.22. The molecule has 1 saturated heterocycles. The van der Waals surface area contributed by atoms with Crippen LogP contribution in [-0.2, 0) is 9.47 Å². The quantitative estimate of drug-likeness (QED) is 0.715. The van der Waals surface area contributed by atoms with Gasteiger partial charge in [0.2, 0.25) is 0 Å². The number of nitrogens with one attached hydrogen (secondary N) is 1. The van der Waals surface area contributed by atoms with Gasteiger partial charge in [0.1, 0.15) is 0 Å². The highest BCUT2D eigenvalue weighted by atomic mass is 16.7. The van der Waals surface area contributed by atoms with Crippen molar-refractivity contribution in [2.24, 2.45) is 0 Å². The van der Waals surface area contributed by atoms with Gasteiger partial charge in [0.05, 0.1) is 0 Å². The van der Waals surface area contributed by atoms with Crippen LogP contribution in [0.2, 0.25) is 0 Å². The third-order valence-electron chi connectivity index (χ3n) is 3.20. The number of rotatable bonds is 6. The highest BCUT2D eigenvalue weighted by molar-refractivity contribution is 5.21. The van der Waals surface area contributed by atoms with Crippen LogP contribution in [0.3, 0.4) is 0 Å². The van der Waals surface area contributed by atoms with Gasteiger partial charge in [0, 0.05) is 19.8 Å². The summed E-state index contributed by atoms with van der Waals surface area (Å²) in [6.07, 6.45) is 13.5. The second-order valence-corrected chi connectivity index (χ2v) is 4.64. The number of allylic oxidation sites excluding steroid dienone is 2. The summed E-state index contributed by atoms with van der Waals surface area (Å²) >= 11 is 0. The number of hydrogen-bond donors (Lipinski definition) is 1. The fourth-order valence-electron chi connectivity index (χ4n) is 2.17. The fraction of sp³-hybridized carbons (Fsp3) is 0.778. The molecule has 21 heavy (non-hydrogen) atoms. The summed E-state index contributed by atoms with van der Waals surface area (Å²) in [7, 11) is 0. The number of ether oxygens (including phenoxy) is 2. The van der Waals surface area contributed by atoms with E-state index in [0.717, 1.165) is 39.0 Å². The Bertz CT molecular complexity index is 268. The molecule has 3 nitrogen and oxygen atoms in total. The number of dihydropyridines is 1. The van der Waals surface area contributed by atoms with E-state index in [0.29, 0.717) is 0 Å². The fourth-order valence-corrected chi connectivity index (χ4v) is 2.17. The van der Waals surface area contributed by atoms with Gasteiger partial charge in [0.15, 0.2) is 6.29 Å². The van der Waals surface area contributed by atoms with Crippen molar-refractivity contribution >= 4 is 0 Å². The molecule has 3 heteroatoms. The molecule has 0 bridgehead atoms. The molecular weight excluding hydrogens is 262 g/mol. The predicted molar refractivity (Wildman–Crippen MR) is 91.3 cm³/mol. The van der Waals surface area contributed by atoms with Crippen molar-refractivity contribution in [3.63, 3.8) is 0 Å². The molecule has 2 rings (SSSR count). The van der Waals surface area contributed by atoms with Crippen LogP contribution in [0.1, 0.15) is 66.2 Å². The van der Waals surface area contributed by atoms with Crippen LogP contribution in [0, 0.1) is 0 Å². The molecule has 0 amide bonds. The third-order valence-corrected chi connectivity index (χ3v) is 3.20. The largest absolute Gasteiger partial charge is 0.387 e. The lowest BCUT2D eigenvalue weighted by Gasteiger charge is -2.22. The molecule has 1 N–H and O–H groups in total. The first kappa shape index (κ1) is 20.2. The van der Waals surface area contributed by atoms with Gasteiger partial charge in [-0.2, -0.15) is 0 Å². The van der Waals surface area contributed by atoms with E-state index in [9.17, 15) is 0 Å². The monoisotopic (exact) mass is 297 g/mol. The van der Waals surface area contributed by atoms with E-state index in [1.165, 1.54) is 24.8 Å². The smallest absolute Gasteiger partial charge is 0.157 e. The SMILES string of the molecule is C1=CC(CCCCOC2CCCCO2)=CCN1.CC.CC. The third kappa shape index (κ3) is 10.6. The van der Waals surface area contributed by atoms with Crippen LogP contribution in [0.15, 0.2) is 23.9 Å². The zero-order valence-corrected chi connectivity index (χ0v) is 14.5. The molecule has 0 radical (unpaired) electrons. The van der Waals surface area contributed by atoms with Gasteiger partial charge in [-0.3, -0.25) is 0 Å². The predicted octanol–water partition coefficient (Wildman–Crippen LogP) is 4.80. The normalized spacial score (nSPS) is 20.2. The summed E-state index contributed by atoms with van der Waals surface area (Å²) in [5.41, 5.74) is 1.44. The topological polar surface area (TPSA) is 30.5 Å². The first-order valence-electron chi connectivity index (χ1n) is 8.77. The van der Waals surface area contributed by atoms with E-state index in [1.54, 1.807) is 0 Å². The Hall–Kier alpha value is -0.800. The van der Waals surface area contributed by atoms with Crippen LogP contribution in [-0.4, -0.2) is 26.0 Å². The van der Waals surface area contributed by atoms with Crippen LogP contribution in [0.25, 0.3) is 0 Å². The van der Waals surface area contributed by atoms with Crippen molar-refractivity contribution in [2.45, 2.75) is 72.5 Å². The number of hydrogen-bond acceptors (Lipinski definition) is 3. The summed E-state index contributed by atoms with van der Waals surface area (Å²) in [5.74, 6) is 0. The second kappa shape index (κ2) is 15.6. The Kier molecular flexibility index (Phi) is 15.0. The Morgan fingerprint density at radius 3 is 2.62 bits per heavy atom. The molecule has 2 heterocycles. The van der Waals surface area contributed by atoms with Crippen LogP contribution >= 0.6 is 0 Å². The van der Waals surface area contributed by atoms with E-state index >= 15 is 0 Å². The van der Waals surface area contributed by atoms with Gasteiger partial charge in [-0.1, -0.05) is 33.8 Å². The molecule has 0 aromatic rings. The molecule has 0 saturated carbocycles. The minimum absolute atomic E-state index is 0.0711. The Morgan fingerprint density at radius 1 is 1.19 bits per heavy atom. The molecule has 0 aromatic carbocycles. The summed E-state index contributed by atoms with van der Waals surface area (Å²) in [4.78, 5) is 0. The standard InChI is InChI=1S/C14H23NO2.2C2H6/c1(5-13-7-9-15-10-8-13)3-11-16-14-6-2-4-12-17-14;2*1-2/h7-9,14-15H,1-6,10-12H2;2*1-2H3. The Labute approximate surface area is 131 Å². The zero-order chi connectivity index (χ0) is 15.8. The van der Waals surface area contributed by atoms with Crippen LogP contribution < -0.4 is 5.32 Å². The lowest BCUT2D eigenvalue weighted by molar-refractivity contribution is -0.162. The first-order valence-corrected chi connectivity index (χ1v) is 8.77. The molecule has 2 aliphatic rings. The van der Waals surface area contributed by atoms with E-state index in [4.69, 9.17) is 9.47 Å². The van der Waals surface area contributed by atoms with E-state index in [2.05, 4.69) is 17.5 Å². The summed E-state index contributed by atoms with van der Waals surface area (Å²) in [6, 6.07) is 0. The molecule has 0 aromatic heterocycles. The van der Waals surface area contributed by atoms with Gasteiger partial charge < -0.3 is 14.8 Å². The zero-order valence-electron chi connectivity index (χ0n) is 14.5. The molecule has 1 fully saturated rings. The minimum Gasteiger partial charge on any atom is -0.387 e. The molecule has 0 aliphatic carbocycles. The Balaban J connectivity index is 0.000000921. The molecule has 1 atom stereocenters. The molecule has 0 spiro atoms. The van der Waals surface area contributed by atoms with Crippen LogP contribution in [0.4, 0.5) is 0 Å². The van der Waals surface area contributed by atoms with Gasteiger partial charge in [0.25, 0.3) is 0 Å². The van der Waals surface area contributed by atoms with Crippen LogP contribution in [0.5, 0.6) is 0 Å². The molecule has 124 valence electrons. The highest BCUT2D eigenvalue weighted by Crippen LogP contribution is 2.15.